The number of carbonyl (C=O) groups excluding carboxylic acids is 1. The maximum atomic E-state index is 10.7. The largest absolute Gasteiger partial charge is 0.368 e. The molecule has 0 atom stereocenters. The summed E-state index contributed by atoms with van der Waals surface area (Å²) >= 11 is 0. The number of halogens is 1. The third-order valence-electron chi connectivity index (χ3n) is 0.182. The van der Waals surface area contributed by atoms with E-state index in [0.29, 0.717) is 0 Å². The van der Waals surface area contributed by atoms with Gasteiger partial charge in [-0.2, -0.15) is 0 Å². The van der Waals surface area contributed by atoms with Gasteiger partial charge in [-0.3, -0.25) is 5.21 Å². The van der Waals surface area contributed by atoms with E-state index in [-0.39, 0.29) is 0 Å². The van der Waals surface area contributed by atoms with Crippen LogP contribution in [0.2, 0.25) is 0 Å². The van der Waals surface area contributed by atoms with Gasteiger partial charge in [0.2, 0.25) is 0 Å². The Balaban J connectivity index is 3.26. The van der Waals surface area contributed by atoms with Crippen LogP contribution < -0.4 is 5.73 Å². The van der Waals surface area contributed by atoms with Crippen molar-refractivity contribution in [2.45, 2.75) is 0 Å². The lowest BCUT2D eigenvalue weighted by molar-refractivity contribution is -0.183. The average Bonchev–Trinajstić information content (AvgIpc) is 1.36. The fourth-order valence-electron chi connectivity index (χ4n) is 0. The summed E-state index contributed by atoms with van der Waals surface area (Å²) in [6.45, 7) is 0. The second-order valence-corrected chi connectivity index (χ2v) is 0.598. The summed E-state index contributed by atoms with van der Waals surface area (Å²) in [6.07, 6.45) is 0. The van der Waals surface area contributed by atoms with Crippen LogP contribution in [0.5, 0.6) is 0 Å². The number of rotatable bonds is 0. The van der Waals surface area contributed by atoms with Gasteiger partial charge in [0.25, 0.3) is 0 Å². The Kier molecular flexibility index (Phi) is 1.34. The Morgan fingerprint density at radius 3 is 2.17 bits per heavy atom. The first-order valence-corrected chi connectivity index (χ1v) is 1.09. The molecule has 6 heavy (non-hydrogen) atoms. The topological polar surface area (TPSA) is 66.6 Å². The number of urea groups is 1. The van der Waals surface area contributed by atoms with Crippen LogP contribution in [-0.2, 0) is 0 Å². The molecule has 3 N–H and O–H groups in total. The summed E-state index contributed by atoms with van der Waals surface area (Å²) in [6, 6.07) is -1.52. The van der Waals surface area contributed by atoms with Crippen molar-refractivity contribution in [3.8, 4) is 0 Å². The van der Waals surface area contributed by atoms with Gasteiger partial charge in [-0.1, -0.05) is 4.48 Å². The van der Waals surface area contributed by atoms with Crippen LogP contribution in [0.4, 0.5) is 9.28 Å². The lowest BCUT2D eigenvalue weighted by atomic mass is 11.2. The van der Waals surface area contributed by atoms with E-state index in [1.54, 1.807) is 0 Å². The molecule has 0 fully saturated rings. The summed E-state index contributed by atoms with van der Waals surface area (Å²) in [4.78, 5) is 9.22. The highest BCUT2D eigenvalue weighted by Gasteiger charge is 1.97. The van der Waals surface area contributed by atoms with Crippen molar-refractivity contribution < 1.29 is 14.5 Å². The molecule has 36 valence electrons. The number of nitrogens with zero attached hydrogens (tertiary/aromatic N) is 1. The first-order chi connectivity index (χ1) is 2.64. The lowest BCUT2D eigenvalue weighted by Gasteiger charge is -1.91. The molecule has 0 aliphatic carbocycles. The molecule has 0 unspecified atom stereocenters. The van der Waals surface area contributed by atoms with Gasteiger partial charge in [0.1, 0.15) is 0 Å². The summed E-state index contributed by atoms with van der Waals surface area (Å²) < 4.78 is 10.7. The Bertz CT molecular complexity index is 62.6. The molecule has 0 radical (unpaired) electrons. The predicted molar refractivity (Wildman–Crippen MR) is 14.3 cm³/mol. The maximum absolute atomic E-state index is 10.7. The number of carbonyl (C=O) groups is 1. The summed E-state index contributed by atoms with van der Waals surface area (Å²) in [5, 5.41) is 6.13. The molecule has 0 bridgehead atoms. The van der Waals surface area contributed by atoms with Gasteiger partial charge in [0.05, 0.1) is 0 Å². The molecular weight excluding hydrogens is 91.0 g/mol. The van der Waals surface area contributed by atoms with Gasteiger partial charge >= 0.3 is 6.03 Å². The van der Waals surface area contributed by atoms with Gasteiger partial charge in [-0.25, -0.2) is 4.79 Å². The minimum Gasteiger partial charge on any atom is -0.348 e. The second kappa shape index (κ2) is 1.56. The molecule has 0 spiro atoms. The van der Waals surface area contributed by atoms with E-state index in [9.17, 15) is 9.28 Å². The zero-order valence-electron chi connectivity index (χ0n) is 2.76. The molecule has 0 aromatic heterocycles. The smallest absolute Gasteiger partial charge is 0.348 e. The molecule has 5 heteroatoms. The second-order valence-electron chi connectivity index (χ2n) is 0.598. The minimum atomic E-state index is -1.52. The van der Waals surface area contributed by atoms with E-state index < -0.39 is 11.3 Å². The molecule has 4 nitrogen and oxygen atoms in total. The van der Waals surface area contributed by atoms with Crippen molar-refractivity contribution >= 4 is 6.03 Å². The van der Waals surface area contributed by atoms with E-state index >= 15 is 0 Å². The van der Waals surface area contributed by atoms with E-state index in [2.05, 4.69) is 5.73 Å². The number of amides is 2. The summed E-state index contributed by atoms with van der Waals surface area (Å²) in [7, 11) is 0. The van der Waals surface area contributed by atoms with Crippen LogP contribution >= 0.6 is 0 Å². The highest BCUT2D eigenvalue weighted by Crippen LogP contribution is 1.74. The fraction of sp³-hybridized carbons (Fsp3) is 0. The highest BCUT2D eigenvalue weighted by molar-refractivity contribution is 5.69. The van der Waals surface area contributed by atoms with Gasteiger partial charge in [-0.15, -0.1) is 0 Å². The average molecular weight is 94.0 g/mol. The molecule has 0 aromatic carbocycles. The molecule has 0 aliphatic rings. The monoisotopic (exact) mass is 94.0 g/mol. The molecule has 0 aromatic rings. The number of hydroxylamine groups is 1. The molecule has 0 saturated carbocycles. The van der Waals surface area contributed by atoms with Crippen LogP contribution in [0.3, 0.4) is 0 Å². The van der Waals surface area contributed by atoms with Crippen molar-refractivity contribution in [1.82, 2.24) is 5.29 Å². The van der Waals surface area contributed by atoms with Crippen LogP contribution in [0.25, 0.3) is 0 Å². The SMILES string of the molecule is NC(=O)N(O)F. The van der Waals surface area contributed by atoms with Crippen molar-refractivity contribution in [3.05, 3.63) is 0 Å². The minimum absolute atomic E-state index is 1.19. The molecular formula is CH3FN2O2. The van der Waals surface area contributed by atoms with Crippen molar-refractivity contribution in [2.24, 2.45) is 5.73 Å². The van der Waals surface area contributed by atoms with Crippen LogP contribution in [0, 0.1) is 0 Å². The summed E-state index contributed by atoms with van der Waals surface area (Å²) in [5.74, 6) is 0. The predicted octanol–water partition coefficient (Wildman–Crippen LogP) is -0.359. The van der Waals surface area contributed by atoms with Crippen LogP contribution in [0.1, 0.15) is 0 Å². The normalized spacial score (nSPS) is 7.67. The Morgan fingerprint density at radius 1 is 2.00 bits per heavy atom. The van der Waals surface area contributed by atoms with E-state index in [0.717, 1.165) is 0 Å². The van der Waals surface area contributed by atoms with Gasteiger partial charge in [0.15, 0.2) is 0 Å². The molecule has 2 amide bonds. The number of hydrogen-bond donors (Lipinski definition) is 2. The molecule has 0 aliphatic heterocycles. The number of nitrogens with two attached hydrogens (primary N) is 1. The molecule has 0 rings (SSSR count). The van der Waals surface area contributed by atoms with Gasteiger partial charge in [0, 0.05) is 0 Å². The maximum Gasteiger partial charge on any atom is 0.368 e. The van der Waals surface area contributed by atoms with Gasteiger partial charge < -0.3 is 5.73 Å². The third-order valence-corrected chi connectivity index (χ3v) is 0.182. The lowest BCUT2D eigenvalue weighted by Crippen LogP contribution is -2.24. The van der Waals surface area contributed by atoms with E-state index in [4.69, 9.17) is 5.21 Å². The fourth-order valence-corrected chi connectivity index (χ4v) is 0. The first kappa shape index (κ1) is 5.16. The number of primary amides is 1. The van der Waals surface area contributed by atoms with Crippen LogP contribution in [0.15, 0.2) is 0 Å². The third kappa shape index (κ3) is 1.48. The number of hydrogen-bond acceptors (Lipinski definition) is 2. The van der Waals surface area contributed by atoms with Crippen molar-refractivity contribution in [2.75, 3.05) is 0 Å². The Hall–Kier alpha value is -0.840. The Labute approximate surface area is 32.8 Å². The van der Waals surface area contributed by atoms with E-state index in [1.165, 1.54) is 0 Å². The standard InChI is InChI=1S/CH3FN2O2/c2-4(6)1(3)5/h6H,(H2,3,5). The first-order valence-electron chi connectivity index (χ1n) is 1.09. The quantitative estimate of drug-likeness (QED) is 0.244. The van der Waals surface area contributed by atoms with Gasteiger partial charge in [-0.05, 0) is 5.29 Å². The molecule has 0 heterocycles. The van der Waals surface area contributed by atoms with Crippen molar-refractivity contribution in [3.63, 3.8) is 0 Å². The molecule has 0 saturated heterocycles. The zero-order valence-corrected chi connectivity index (χ0v) is 2.76. The van der Waals surface area contributed by atoms with E-state index in [1.807, 2.05) is 0 Å². The summed E-state index contributed by atoms with van der Waals surface area (Å²) in [5.41, 5.74) is 4.10. The van der Waals surface area contributed by atoms with Crippen molar-refractivity contribution in [1.29, 1.82) is 0 Å². The zero-order chi connectivity index (χ0) is 5.15. The highest BCUT2D eigenvalue weighted by atomic mass is 19.2. The Morgan fingerprint density at radius 2 is 2.17 bits per heavy atom. The van der Waals surface area contributed by atoms with Crippen LogP contribution in [-0.4, -0.2) is 16.5 Å².